The van der Waals surface area contributed by atoms with Gasteiger partial charge in [-0.3, -0.25) is 0 Å². The molecule has 9 bridgehead atoms. The lowest BCUT2D eigenvalue weighted by molar-refractivity contribution is 0.00485. The minimum absolute atomic E-state index is 0.114. The molecular formula is C48H62O11. The van der Waals surface area contributed by atoms with Crippen molar-refractivity contribution in [2.75, 3.05) is 81.3 Å². The Morgan fingerprint density at radius 1 is 0.390 bits per heavy atom. The van der Waals surface area contributed by atoms with E-state index in [0.29, 0.717) is 113 Å². The van der Waals surface area contributed by atoms with Crippen LogP contribution in [0.5, 0.6) is 46.0 Å². The first-order valence-corrected chi connectivity index (χ1v) is 21.0. The van der Waals surface area contributed by atoms with Crippen molar-refractivity contribution in [2.24, 2.45) is 0 Å². The topological polar surface area (TPSA) is 124 Å². The van der Waals surface area contributed by atoms with Gasteiger partial charge in [0, 0.05) is 92.4 Å². The first kappa shape index (κ1) is 43.7. The molecule has 0 radical (unpaired) electrons. The summed E-state index contributed by atoms with van der Waals surface area (Å²) >= 11 is 0. The van der Waals surface area contributed by atoms with Crippen LogP contribution in [0.25, 0.3) is 0 Å². The largest absolute Gasteiger partial charge is 0.508 e. The minimum Gasteiger partial charge on any atom is -0.508 e. The third-order valence-electron chi connectivity index (χ3n) is 11.8. The van der Waals surface area contributed by atoms with Crippen LogP contribution in [0, 0.1) is 0 Å². The van der Waals surface area contributed by atoms with Crippen LogP contribution in [-0.2, 0) is 14.2 Å². The molecule has 0 amide bonds. The summed E-state index contributed by atoms with van der Waals surface area (Å²) in [5.41, 5.74) is 7.01. The molecular weight excluding hydrogens is 753 g/mol. The van der Waals surface area contributed by atoms with E-state index in [1.54, 1.807) is 40.6 Å². The second-order valence-electron chi connectivity index (χ2n) is 14.9. The zero-order chi connectivity index (χ0) is 42.1. The molecule has 4 aromatic rings. The number of rotatable bonds is 8. The smallest absolute Gasteiger partial charge is 0.126 e. The summed E-state index contributed by atoms with van der Waals surface area (Å²) in [6.07, 6.45) is 2.69. The number of methoxy groups -OCH3 is 4. The summed E-state index contributed by atoms with van der Waals surface area (Å²) in [5.74, 6) is 2.98. The van der Waals surface area contributed by atoms with Crippen LogP contribution in [0.2, 0.25) is 0 Å². The maximum absolute atomic E-state index is 11.8. The van der Waals surface area contributed by atoms with Crippen LogP contribution < -0.4 is 28.4 Å². The number of aromatic hydroxyl groups is 2. The van der Waals surface area contributed by atoms with Crippen molar-refractivity contribution in [1.29, 1.82) is 0 Å². The van der Waals surface area contributed by atoms with E-state index in [0.717, 1.165) is 44.5 Å². The first-order chi connectivity index (χ1) is 28.8. The number of fused-ring (bicyclic) bond motifs is 18. The number of phenolic OH excluding ortho intramolecular Hbond substituents is 2. The van der Waals surface area contributed by atoms with Gasteiger partial charge in [0.15, 0.2) is 0 Å². The first-order valence-electron chi connectivity index (χ1n) is 21.0. The van der Waals surface area contributed by atoms with Gasteiger partial charge in [-0.2, -0.15) is 0 Å². The zero-order valence-electron chi connectivity index (χ0n) is 36.0. The van der Waals surface area contributed by atoms with Gasteiger partial charge in [0.1, 0.15) is 59.2 Å². The van der Waals surface area contributed by atoms with Crippen molar-refractivity contribution in [2.45, 2.75) is 77.0 Å². The minimum atomic E-state index is -0.299. The molecule has 3 aliphatic rings. The van der Waals surface area contributed by atoms with Crippen LogP contribution in [0.15, 0.2) is 48.5 Å². The van der Waals surface area contributed by atoms with Crippen LogP contribution in [0.3, 0.4) is 0 Å². The van der Waals surface area contributed by atoms with Crippen molar-refractivity contribution >= 4 is 0 Å². The van der Waals surface area contributed by atoms with E-state index in [2.05, 4.69) is 45.9 Å². The predicted molar refractivity (Wildman–Crippen MR) is 227 cm³/mol. The van der Waals surface area contributed by atoms with Crippen molar-refractivity contribution < 1.29 is 52.8 Å². The Bertz CT molecular complexity index is 2010. The number of benzene rings is 4. The molecule has 2 N–H and O–H groups in total. The van der Waals surface area contributed by atoms with Gasteiger partial charge < -0.3 is 52.8 Å². The fourth-order valence-electron chi connectivity index (χ4n) is 8.94. The van der Waals surface area contributed by atoms with E-state index in [1.165, 1.54) is 0 Å². The number of hydrogen-bond acceptors (Lipinski definition) is 11. The molecule has 0 fully saturated rings. The lowest BCUT2D eigenvalue weighted by Gasteiger charge is -2.30. The molecule has 320 valence electrons. The van der Waals surface area contributed by atoms with Crippen molar-refractivity contribution in [3.63, 3.8) is 0 Å². The highest BCUT2D eigenvalue weighted by molar-refractivity contribution is 5.63. The Morgan fingerprint density at radius 2 is 0.661 bits per heavy atom. The molecule has 1 aliphatic carbocycles. The fraction of sp³-hybridized carbons (Fsp3) is 0.500. The summed E-state index contributed by atoms with van der Waals surface area (Å²) < 4.78 is 55.1. The molecule has 59 heavy (non-hydrogen) atoms. The van der Waals surface area contributed by atoms with E-state index < -0.39 is 0 Å². The molecule has 0 saturated heterocycles. The zero-order valence-corrected chi connectivity index (χ0v) is 36.0. The Kier molecular flexibility index (Phi) is 15.1. The number of hydrogen-bond donors (Lipinski definition) is 2. The molecule has 4 unspecified atom stereocenters. The van der Waals surface area contributed by atoms with E-state index in [4.69, 9.17) is 42.6 Å². The molecule has 2 aliphatic heterocycles. The van der Waals surface area contributed by atoms with Gasteiger partial charge in [0.05, 0.1) is 68.1 Å². The Labute approximate surface area is 349 Å². The molecule has 0 spiro atoms. The summed E-state index contributed by atoms with van der Waals surface area (Å²) in [6.45, 7) is 11.6. The monoisotopic (exact) mass is 814 g/mol. The SMILES string of the molecule is CCC1c2cc(c(OC)cc2O)C(CC)c2cc3c(OC)cc2OCCOCCOCCOCCOc2cc(OC)c(cc2C3CC)C(CC)c2cc1c(OC)cc2O. The summed E-state index contributed by atoms with van der Waals surface area (Å²) in [6, 6.07) is 15.9. The van der Waals surface area contributed by atoms with E-state index in [-0.39, 0.29) is 35.2 Å². The lowest BCUT2D eigenvalue weighted by Crippen LogP contribution is -2.17. The highest BCUT2D eigenvalue weighted by Gasteiger charge is 2.33. The molecule has 11 nitrogen and oxygen atoms in total. The second kappa shape index (κ2) is 20.4. The van der Waals surface area contributed by atoms with E-state index in [9.17, 15) is 10.2 Å². The average molecular weight is 815 g/mol. The maximum atomic E-state index is 11.8. The van der Waals surface area contributed by atoms with Gasteiger partial charge in [-0.25, -0.2) is 0 Å². The van der Waals surface area contributed by atoms with Crippen molar-refractivity contribution in [3.05, 3.63) is 93.0 Å². The molecule has 2 heterocycles. The van der Waals surface area contributed by atoms with Crippen molar-refractivity contribution in [1.82, 2.24) is 0 Å². The van der Waals surface area contributed by atoms with Gasteiger partial charge in [-0.15, -0.1) is 0 Å². The molecule has 11 heteroatoms. The third kappa shape index (κ3) is 9.17. The number of phenols is 2. The van der Waals surface area contributed by atoms with Crippen LogP contribution >= 0.6 is 0 Å². The molecule has 4 atom stereocenters. The summed E-state index contributed by atoms with van der Waals surface area (Å²) in [4.78, 5) is 0. The fourth-order valence-corrected chi connectivity index (χ4v) is 8.94. The summed E-state index contributed by atoms with van der Waals surface area (Å²) in [5, 5.41) is 23.6. The predicted octanol–water partition coefficient (Wildman–Crippen LogP) is 9.43. The standard InChI is InChI=1S/C48H62O11/c1-9-29-34-22-36(44(52-6)26-42(34)50)31(11-3)40-24-38-32(12-4)39-23-37(30(10-2)33-21-35(29)43(51-5)25-41(33)49)45(53-7)27-47(39)58-19-17-56-15-13-55-14-16-57-18-20-59-48(40)28-46(38)54-8/h21-32,49-50H,9-20H2,1-8H3. The Balaban J connectivity index is 1.74. The van der Waals surface area contributed by atoms with Crippen LogP contribution in [-0.4, -0.2) is 91.5 Å². The Morgan fingerprint density at radius 3 is 0.966 bits per heavy atom. The molecule has 0 saturated carbocycles. The normalized spacial score (nSPS) is 20.1. The van der Waals surface area contributed by atoms with Gasteiger partial charge in [0.2, 0.25) is 0 Å². The van der Waals surface area contributed by atoms with Gasteiger partial charge in [-0.1, -0.05) is 27.7 Å². The summed E-state index contributed by atoms with van der Waals surface area (Å²) in [7, 11) is 6.59. The van der Waals surface area contributed by atoms with Crippen molar-refractivity contribution in [3.8, 4) is 46.0 Å². The highest BCUT2D eigenvalue weighted by atomic mass is 16.6. The van der Waals surface area contributed by atoms with E-state index in [1.807, 2.05) is 18.2 Å². The molecule has 0 aromatic heterocycles. The van der Waals surface area contributed by atoms with Gasteiger partial charge >= 0.3 is 0 Å². The van der Waals surface area contributed by atoms with Crippen LogP contribution in [0.4, 0.5) is 0 Å². The van der Waals surface area contributed by atoms with Gasteiger partial charge in [0.25, 0.3) is 0 Å². The van der Waals surface area contributed by atoms with Gasteiger partial charge in [-0.05, 0) is 49.9 Å². The third-order valence-corrected chi connectivity index (χ3v) is 11.8. The second-order valence-corrected chi connectivity index (χ2v) is 14.9. The lowest BCUT2D eigenvalue weighted by atomic mass is 9.77. The van der Waals surface area contributed by atoms with Crippen LogP contribution in [0.1, 0.15) is 122 Å². The Hall–Kier alpha value is -4.84. The molecule has 4 aromatic carbocycles. The molecule has 7 rings (SSSR count). The van der Waals surface area contributed by atoms with E-state index >= 15 is 0 Å². The highest BCUT2D eigenvalue weighted by Crippen LogP contribution is 2.52. The number of ether oxygens (including phenoxy) is 9. The quantitative estimate of drug-likeness (QED) is 0.165. The average Bonchev–Trinajstić information content (AvgIpc) is 3.25. The maximum Gasteiger partial charge on any atom is 0.126 e.